The van der Waals surface area contributed by atoms with E-state index < -0.39 is 6.10 Å². The summed E-state index contributed by atoms with van der Waals surface area (Å²) in [6.45, 7) is 1.88. The topological polar surface area (TPSA) is 74.5 Å². The Morgan fingerprint density at radius 2 is 2.21 bits per heavy atom. The standard InChI is InChI=1S/C17H21N5OS/c1-18-17(19-8-10-22-9-4-7-21-22)20-12-14(23)16-11-13-5-2-3-6-15(13)24-16/h2-7,9,11,14,23H,8,10,12H2,1H3,(H2,18,19,20). The minimum absolute atomic E-state index is 0.411. The number of guanidine groups is 1. The third kappa shape index (κ3) is 4.12. The molecule has 7 heteroatoms. The van der Waals surface area contributed by atoms with E-state index in [4.69, 9.17) is 0 Å². The number of nitrogens with one attached hydrogen (secondary N) is 2. The zero-order chi connectivity index (χ0) is 16.8. The van der Waals surface area contributed by atoms with Crippen molar-refractivity contribution in [1.82, 2.24) is 20.4 Å². The summed E-state index contributed by atoms with van der Waals surface area (Å²) >= 11 is 1.62. The molecule has 2 aromatic heterocycles. The first kappa shape index (κ1) is 16.5. The Balaban J connectivity index is 1.49. The second-order valence-electron chi connectivity index (χ2n) is 5.35. The quantitative estimate of drug-likeness (QED) is 0.473. The number of thiophene rings is 1. The van der Waals surface area contributed by atoms with E-state index in [1.165, 1.54) is 10.1 Å². The molecule has 0 saturated carbocycles. The van der Waals surface area contributed by atoms with Gasteiger partial charge in [-0.25, -0.2) is 0 Å². The van der Waals surface area contributed by atoms with Crippen LogP contribution in [0.4, 0.5) is 0 Å². The van der Waals surface area contributed by atoms with Gasteiger partial charge in [-0.15, -0.1) is 11.3 Å². The van der Waals surface area contributed by atoms with Gasteiger partial charge in [0.25, 0.3) is 0 Å². The van der Waals surface area contributed by atoms with Gasteiger partial charge >= 0.3 is 0 Å². The van der Waals surface area contributed by atoms with Crippen molar-refractivity contribution >= 4 is 27.4 Å². The van der Waals surface area contributed by atoms with E-state index in [-0.39, 0.29) is 0 Å². The van der Waals surface area contributed by atoms with Crippen LogP contribution < -0.4 is 10.6 Å². The van der Waals surface area contributed by atoms with E-state index in [0.29, 0.717) is 19.0 Å². The lowest BCUT2D eigenvalue weighted by molar-refractivity contribution is 0.184. The molecule has 1 aromatic carbocycles. The summed E-state index contributed by atoms with van der Waals surface area (Å²) in [4.78, 5) is 5.13. The summed E-state index contributed by atoms with van der Waals surface area (Å²) in [6.07, 6.45) is 3.12. The number of aromatic nitrogens is 2. The van der Waals surface area contributed by atoms with Gasteiger partial charge in [-0.1, -0.05) is 18.2 Å². The molecule has 1 unspecified atom stereocenters. The van der Waals surface area contributed by atoms with Gasteiger partial charge in [0.15, 0.2) is 5.96 Å². The summed E-state index contributed by atoms with van der Waals surface area (Å²) in [6, 6.07) is 12.1. The number of aliphatic hydroxyl groups is 1. The Bertz CT molecular complexity index is 763. The lowest BCUT2D eigenvalue weighted by Gasteiger charge is -2.14. The first-order chi connectivity index (χ1) is 11.8. The van der Waals surface area contributed by atoms with Crippen molar-refractivity contribution in [3.63, 3.8) is 0 Å². The molecule has 1 atom stereocenters. The van der Waals surface area contributed by atoms with Crippen molar-refractivity contribution in [2.75, 3.05) is 20.1 Å². The summed E-state index contributed by atoms with van der Waals surface area (Å²) in [5.41, 5.74) is 0. The molecule has 2 heterocycles. The van der Waals surface area contributed by atoms with Crippen molar-refractivity contribution in [2.24, 2.45) is 4.99 Å². The molecule has 0 radical (unpaired) electrons. The predicted octanol–water partition coefficient (Wildman–Crippen LogP) is 2.00. The number of hydrogen-bond acceptors (Lipinski definition) is 4. The fraction of sp³-hybridized carbons (Fsp3) is 0.294. The van der Waals surface area contributed by atoms with Gasteiger partial charge < -0.3 is 15.7 Å². The molecule has 3 rings (SSSR count). The lowest BCUT2D eigenvalue weighted by Crippen LogP contribution is -2.40. The van der Waals surface area contributed by atoms with Gasteiger partial charge in [0, 0.05) is 42.1 Å². The molecule has 126 valence electrons. The number of nitrogens with zero attached hydrogens (tertiary/aromatic N) is 3. The number of fused-ring (bicyclic) bond motifs is 1. The van der Waals surface area contributed by atoms with Crippen LogP contribution in [0.15, 0.2) is 53.8 Å². The Kier molecular flexibility index (Phi) is 5.45. The van der Waals surface area contributed by atoms with Crippen LogP contribution in [0.25, 0.3) is 10.1 Å². The maximum absolute atomic E-state index is 10.4. The molecule has 0 saturated heterocycles. The minimum Gasteiger partial charge on any atom is -0.386 e. The summed E-state index contributed by atoms with van der Waals surface area (Å²) in [7, 11) is 1.72. The Morgan fingerprint density at radius 3 is 2.96 bits per heavy atom. The van der Waals surface area contributed by atoms with Crippen molar-refractivity contribution in [3.05, 3.63) is 53.7 Å². The zero-order valence-electron chi connectivity index (χ0n) is 13.5. The highest BCUT2D eigenvalue weighted by atomic mass is 32.1. The van der Waals surface area contributed by atoms with Crippen LogP contribution in [0, 0.1) is 0 Å². The van der Waals surface area contributed by atoms with E-state index in [1.54, 1.807) is 24.6 Å². The van der Waals surface area contributed by atoms with Crippen LogP contribution in [-0.4, -0.2) is 41.0 Å². The van der Waals surface area contributed by atoms with E-state index >= 15 is 0 Å². The number of aliphatic imine (C=N–C) groups is 1. The highest BCUT2D eigenvalue weighted by molar-refractivity contribution is 7.19. The first-order valence-electron chi connectivity index (χ1n) is 7.85. The number of aliphatic hydroxyl groups excluding tert-OH is 1. The predicted molar refractivity (Wildman–Crippen MR) is 98.4 cm³/mol. The number of rotatable bonds is 6. The highest BCUT2D eigenvalue weighted by Crippen LogP contribution is 2.29. The fourth-order valence-corrected chi connectivity index (χ4v) is 3.45. The lowest BCUT2D eigenvalue weighted by atomic mass is 10.2. The molecule has 0 bridgehead atoms. The number of hydrogen-bond donors (Lipinski definition) is 3. The van der Waals surface area contributed by atoms with Crippen molar-refractivity contribution in [3.8, 4) is 0 Å². The monoisotopic (exact) mass is 343 g/mol. The van der Waals surface area contributed by atoms with Crippen molar-refractivity contribution in [2.45, 2.75) is 12.6 Å². The Hall–Kier alpha value is -2.38. The Morgan fingerprint density at radius 1 is 1.33 bits per heavy atom. The smallest absolute Gasteiger partial charge is 0.191 e. The average Bonchev–Trinajstić information content (AvgIpc) is 3.26. The Labute approximate surface area is 144 Å². The van der Waals surface area contributed by atoms with E-state index in [2.05, 4.69) is 32.9 Å². The summed E-state index contributed by atoms with van der Waals surface area (Å²) in [5, 5.41) is 22.1. The van der Waals surface area contributed by atoms with E-state index in [9.17, 15) is 5.11 Å². The second kappa shape index (κ2) is 7.94. The van der Waals surface area contributed by atoms with Crippen LogP contribution in [0.3, 0.4) is 0 Å². The van der Waals surface area contributed by atoms with E-state index in [0.717, 1.165) is 11.4 Å². The molecular weight excluding hydrogens is 322 g/mol. The van der Waals surface area contributed by atoms with Crippen molar-refractivity contribution in [1.29, 1.82) is 0 Å². The van der Waals surface area contributed by atoms with Gasteiger partial charge in [-0.05, 0) is 23.6 Å². The molecule has 3 aromatic rings. The second-order valence-corrected chi connectivity index (χ2v) is 6.47. The molecule has 24 heavy (non-hydrogen) atoms. The molecule has 0 aliphatic rings. The molecule has 0 amide bonds. The largest absolute Gasteiger partial charge is 0.386 e. The molecule has 0 spiro atoms. The van der Waals surface area contributed by atoms with Crippen LogP contribution in [0.1, 0.15) is 11.0 Å². The third-order valence-corrected chi connectivity index (χ3v) is 4.87. The molecule has 3 N–H and O–H groups in total. The minimum atomic E-state index is -0.563. The molecule has 0 aliphatic heterocycles. The average molecular weight is 343 g/mol. The van der Waals surface area contributed by atoms with Crippen LogP contribution in [-0.2, 0) is 6.54 Å². The number of benzene rings is 1. The summed E-state index contributed by atoms with van der Waals surface area (Å²) in [5.74, 6) is 0.669. The van der Waals surface area contributed by atoms with Gasteiger partial charge in [0.1, 0.15) is 6.10 Å². The van der Waals surface area contributed by atoms with Gasteiger partial charge in [-0.3, -0.25) is 9.67 Å². The maximum atomic E-state index is 10.4. The fourth-order valence-electron chi connectivity index (χ4n) is 2.40. The van der Waals surface area contributed by atoms with Crippen LogP contribution in [0.5, 0.6) is 0 Å². The van der Waals surface area contributed by atoms with Gasteiger partial charge in [0.05, 0.1) is 6.54 Å². The highest BCUT2D eigenvalue weighted by Gasteiger charge is 2.12. The molecule has 0 fully saturated rings. The molecule has 6 nitrogen and oxygen atoms in total. The van der Waals surface area contributed by atoms with Crippen molar-refractivity contribution < 1.29 is 5.11 Å². The third-order valence-electron chi connectivity index (χ3n) is 3.65. The van der Waals surface area contributed by atoms with E-state index in [1.807, 2.05) is 35.1 Å². The SMILES string of the molecule is CN=C(NCCn1cccn1)NCC(O)c1cc2ccccc2s1. The normalized spacial score (nSPS) is 13.2. The molecule has 0 aliphatic carbocycles. The maximum Gasteiger partial charge on any atom is 0.191 e. The summed E-state index contributed by atoms with van der Waals surface area (Å²) < 4.78 is 3.04. The zero-order valence-corrected chi connectivity index (χ0v) is 14.3. The van der Waals surface area contributed by atoms with Gasteiger partial charge in [0.2, 0.25) is 0 Å². The van der Waals surface area contributed by atoms with Crippen LogP contribution >= 0.6 is 11.3 Å². The van der Waals surface area contributed by atoms with Gasteiger partial charge in [-0.2, -0.15) is 5.10 Å². The first-order valence-corrected chi connectivity index (χ1v) is 8.66. The van der Waals surface area contributed by atoms with Crippen LogP contribution in [0.2, 0.25) is 0 Å². The molecular formula is C17H21N5OS.